The standard InChI is InChI=1S/C28H24N2O2Se2/c1-29(21-13-5-3-6-14-21)27(31)23-17-9-11-19-25(23)33-34-26-20-12-10-18-24(26)28(32)30(2)22-15-7-4-8-16-22/h3-20H,1-2H3. The summed E-state index contributed by atoms with van der Waals surface area (Å²) in [4.78, 5) is 29.9. The molecule has 0 radical (unpaired) electrons. The van der Waals surface area contributed by atoms with E-state index in [0.717, 1.165) is 31.4 Å². The number of rotatable bonds is 7. The Morgan fingerprint density at radius 2 is 0.824 bits per heavy atom. The molecule has 0 aliphatic rings. The molecule has 6 heteroatoms. The van der Waals surface area contributed by atoms with Gasteiger partial charge in [-0.15, -0.1) is 0 Å². The molecular weight excluding hydrogens is 554 g/mol. The molecule has 4 rings (SSSR count). The summed E-state index contributed by atoms with van der Waals surface area (Å²) in [5.74, 6) is -0.0414. The number of nitrogens with zero attached hydrogens (tertiary/aromatic N) is 2. The fourth-order valence-corrected chi connectivity index (χ4v) is 10.5. The Hall–Kier alpha value is -3.14. The van der Waals surface area contributed by atoms with Crippen LogP contribution >= 0.6 is 0 Å². The van der Waals surface area contributed by atoms with Gasteiger partial charge < -0.3 is 0 Å². The molecule has 0 bridgehead atoms. The van der Waals surface area contributed by atoms with Crippen LogP contribution in [0.1, 0.15) is 20.7 Å². The number of hydrogen-bond donors (Lipinski definition) is 0. The summed E-state index contributed by atoms with van der Waals surface area (Å²) in [6.45, 7) is 0. The monoisotopic (exact) mass is 580 g/mol. The van der Waals surface area contributed by atoms with E-state index in [0.29, 0.717) is 0 Å². The average Bonchev–Trinajstić information content (AvgIpc) is 2.91. The van der Waals surface area contributed by atoms with E-state index < -0.39 is 0 Å². The number of benzene rings is 4. The number of carbonyl (C=O) groups is 2. The zero-order valence-corrected chi connectivity index (χ0v) is 22.3. The van der Waals surface area contributed by atoms with Gasteiger partial charge in [0.1, 0.15) is 0 Å². The van der Waals surface area contributed by atoms with Gasteiger partial charge in [0.25, 0.3) is 0 Å². The third kappa shape index (κ3) is 5.49. The van der Waals surface area contributed by atoms with Crippen LogP contribution in [-0.4, -0.2) is 52.2 Å². The maximum absolute atomic E-state index is 13.3. The first-order valence-corrected chi connectivity index (χ1v) is 16.8. The van der Waals surface area contributed by atoms with Crippen LogP contribution < -0.4 is 18.7 Å². The van der Waals surface area contributed by atoms with Crippen molar-refractivity contribution < 1.29 is 9.59 Å². The number of hydrogen-bond acceptors (Lipinski definition) is 2. The first kappa shape index (κ1) is 24.0. The Kier molecular flexibility index (Phi) is 7.99. The molecule has 34 heavy (non-hydrogen) atoms. The van der Waals surface area contributed by atoms with E-state index >= 15 is 0 Å². The summed E-state index contributed by atoms with van der Waals surface area (Å²) >= 11 is 0.0803. The number of para-hydroxylation sites is 2. The predicted molar refractivity (Wildman–Crippen MR) is 142 cm³/mol. The molecule has 0 atom stereocenters. The van der Waals surface area contributed by atoms with Gasteiger partial charge in [-0.3, -0.25) is 0 Å². The summed E-state index contributed by atoms with van der Waals surface area (Å²) in [6, 6.07) is 35.0. The van der Waals surface area contributed by atoms with Crippen LogP contribution in [0.5, 0.6) is 0 Å². The Bertz CT molecular complexity index is 1180. The van der Waals surface area contributed by atoms with Crippen LogP contribution in [-0.2, 0) is 0 Å². The van der Waals surface area contributed by atoms with Gasteiger partial charge in [0.15, 0.2) is 0 Å². The molecule has 0 unspecified atom stereocenters. The Labute approximate surface area is 211 Å². The summed E-state index contributed by atoms with van der Waals surface area (Å²) in [7, 11) is 3.61. The first-order chi connectivity index (χ1) is 16.6. The number of anilines is 2. The minimum atomic E-state index is -0.0207. The SMILES string of the molecule is CN(C(=O)c1ccccc1[Se][Se]c1ccccc1C(=O)N(C)c1ccccc1)c1ccccc1. The number of amides is 2. The molecule has 4 aromatic carbocycles. The van der Waals surface area contributed by atoms with Crippen molar-refractivity contribution in [3.05, 3.63) is 120 Å². The van der Waals surface area contributed by atoms with Crippen LogP contribution in [0.25, 0.3) is 0 Å². The second-order valence-electron chi connectivity index (χ2n) is 7.56. The van der Waals surface area contributed by atoms with Gasteiger partial charge >= 0.3 is 212 Å². The normalized spacial score (nSPS) is 10.5. The van der Waals surface area contributed by atoms with Gasteiger partial charge in [-0.05, 0) is 0 Å². The topological polar surface area (TPSA) is 40.6 Å². The Morgan fingerprint density at radius 3 is 1.21 bits per heavy atom. The summed E-state index contributed by atoms with van der Waals surface area (Å²) in [6.07, 6.45) is 0. The van der Waals surface area contributed by atoms with E-state index in [-0.39, 0.29) is 38.1 Å². The van der Waals surface area contributed by atoms with Gasteiger partial charge in [-0.2, -0.15) is 0 Å². The van der Waals surface area contributed by atoms with E-state index in [9.17, 15) is 9.59 Å². The second-order valence-corrected chi connectivity index (χ2v) is 13.7. The van der Waals surface area contributed by atoms with Crippen LogP contribution in [0, 0.1) is 0 Å². The van der Waals surface area contributed by atoms with Gasteiger partial charge in [0.2, 0.25) is 0 Å². The third-order valence-electron chi connectivity index (χ3n) is 5.35. The quantitative estimate of drug-likeness (QED) is 0.315. The molecule has 0 heterocycles. The molecular formula is C28H24N2O2Se2. The summed E-state index contributed by atoms with van der Waals surface area (Å²) in [5.41, 5.74) is 3.17. The fraction of sp³-hybridized carbons (Fsp3) is 0.0714. The third-order valence-corrected chi connectivity index (χ3v) is 12.6. The molecule has 170 valence electrons. The first-order valence-electron chi connectivity index (χ1n) is 10.7. The van der Waals surface area contributed by atoms with Crippen molar-refractivity contribution in [1.82, 2.24) is 0 Å². The van der Waals surface area contributed by atoms with Crippen molar-refractivity contribution >= 4 is 58.4 Å². The molecule has 0 fully saturated rings. The summed E-state index contributed by atoms with van der Waals surface area (Å²) < 4.78 is 2.11. The van der Waals surface area contributed by atoms with Gasteiger partial charge in [0.05, 0.1) is 0 Å². The molecule has 4 nitrogen and oxygen atoms in total. The van der Waals surface area contributed by atoms with Gasteiger partial charge in [-0.25, -0.2) is 0 Å². The predicted octanol–water partition coefficient (Wildman–Crippen LogP) is 3.51. The van der Waals surface area contributed by atoms with Gasteiger partial charge in [-0.1, -0.05) is 0 Å². The van der Waals surface area contributed by atoms with Crippen LogP contribution in [0.4, 0.5) is 11.4 Å². The fourth-order valence-electron chi connectivity index (χ4n) is 3.42. The van der Waals surface area contributed by atoms with Crippen LogP contribution in [0.15, 0.2) is 109 Å². The molecule has 0 aliphatic heterocycles. The van der Waals surface area contributed by atoms with E-state index in [1.807, 2.05) is 109 Å². The molecule has 0 N–H and O–H groups in total. The van der Waals surface area contributed by atoms with Crippen molar-refractivity contribution in [3.8, 4) is 0 Å². The number of carbonyl (C=O) groups excluding carboxylic acids is 2. The Balaban J connectivity index is 1.54. The zero-order valence-electron chi connectivity index (χ0n) is 18.9. The van der Waals surface area contributed by atoms with Gasteiger partial charge in [0, 0.05) is 0 Å². The van der Waals surface area contributed by atoms with Crippen molar-refractivity contribution in [1.29, 1.82) is 0 Å². The molecule has 0 saturated carbocycles. The van der Waals surface area contributed by atoms with Crippen molar-refractivity contribution in [2.24, 2.45) is 0 Å². The molecule has 0 aromatic heterocycles. The van der Waals surface area contributed by atoms with Crippen LogP contribution in [0.2, 0.25) is 0 Å². The minimum absolute atomic E-state index is 0.0207. The average molecular weight is 578 g/mol. The van der Waals surface area contributed by atoms with E-state index in [1.165, 1.54) is 0 Å². The zero-order chi connectivity index (χ0) is 23.9. The van der Waals surface area contributed by atoms with Crippen molar-refractivity contribution in [2.45, 2.75) is 0 Å². The molecule has 2 amide bonds. The van der Waals surface area contributed by atoms with Crippen molar-refractivity contribution in [2.75, 3.05) is 23.9 Å². The molecule has 0 aliphatic carbocycles. The van der Waals surface area contributed by atoms with E-state index in [1.54, 1.807) is 23.9 Å². The van der Waals surface area contributed by atoms with E-state index in [4.69, 9.17) is 0 Å². The molecule has 0 saturated heterocycles. The Morgan fingerprint density at radius 1 is 0.500 bits per heavy atom. The second kappa shape index (κ2) is 11.3. The maximum atomic E-state index is 13.3. The summed E-state index contributed by atoms with van der Waals surface area (Å²) in [5, 5.41) is 0. The van der Waals surface area contributed by atoms with E-state index in [2.05, 4.69) is 0 Å². The van der Waals surface area contributed by atoms with Crippen molar-refractivity contribution in [3.63, 3.8) is 0 Å². The molecule has 4 aromatic rings. The van der Waals surface area contributed by atoms with Crippen LogP contribution in [0.3, 0.4) is 0 Å². The molecule has 0 spiro atoms.